The Hall–Kier alpha value is -3.10. The zero-order valence-electron chi connectivity index (χ0n) is 22.4. The molecule has 3 heterocycles. The Morgan fingerprint density at radius 3 is 2.45 bits per heavy atom. The number of halogens is 3. The summed E-state index contributed by atoms with van der Waals surface area (Å²) >= 11 is 25.4. The van der Waals surface area contributed by atoms with E-state index in [9.17, 15) is 4.79 Å². The van der Waals surface area contributed by atoms with Gasteiger partial charge in [0, 0.05) is 34.2 Å². The maximum Gasteiger partial charge on any atom is 0.226 e. The van der Waals surface area contributed by atoms with Gasteiger partial charge in [0.2, 0.25) is 5.91 Å². The first-order valence-corrected chi connectivity index (χ1v) is 14.4. The summed E-state index contributed by atoms with van der Waals surface area (Å²) in [7, 11) is 0. The van der Waals surface area contributed by atoms with Crippen molar-refractivity contribution in [2.75, 3.05) is 10.2 Å². The Morgan fingerprint density at radius 2 is 1.80 bits per heavy atom. The van der Waals surface area contributed by atoms with Crippen LogP contribution in [0.2, 0.25) is 15.1 Å². The first-order chi connectivity index (χ1) is 19.1. The summed E-state index contributed by atoms with van der Waals surface area (Å²) < 4.78 is 2.13. The summed E-state index contributed by atoms with van der Waals surface area (Å²) in [5.74, 6) is -0.270. The Morgan fingerprint density at radius 1 is 1.02 bits per heavy atom. The van der Waals surface area contributed by atoms with E-state index in [4.69, 9.17) is 47.0 Å². The number of rotatable bonds is 6. The molecule has 1 amide bonds. The topological polar surface area (TPSA) is 62.2 Å². The molecule has 5 rings (SSSR count). The molecule has 1 aliphatic rings. The third-order valence-corrected chi connectivity index (χ3v) is 8.22. The number of aryl methyl sites for hydroxylation is 1. The first kappa shape index (κ1) is 28.4. The van der Waals surface area contributed by atoms with Crippen molar-refractivity contribution in [3.05, 3.63) is 105 Å². The summed E-state index contributed by atoms with van der Waals surface area (Å²) in [4.78, 5) is 19.0. The number of nitrogens with zero attached hydrogens (tertiary/aromatic N) is 3. The predicted molar refractivity (Wildman–Crippen MR) is 168 cm³/mol. The van der Waals surface area contributed by atoms with Gasteiger partial charge in [-0.05, 0) is 86.2 Å². The Bertz CT molecular complexity index is 1600. The van der Waals surface area contributed by atoms with E-state index < -0.39 is 0 Å². The molecule has 40 heavy (non-hydrogen) atoms. The Balaban J connectivity index is 1.63. The van der Waals surface area contributed by atoms with Gasteiger partial charge in [0.25, 0.3) is 0 Å². The second-order valence-corrected chi connectivity index (χ2v) is 11.7. The van der Waals surface area contributed by atoms with E-state index in [1.807, 2.05) is 69.3 Å². The van der Waals surface area contributed by atoms with Crippen LogP contribution in [0.1, 0.15) is 48.6 Å². The van der Waals surface area contributed by atoms with Gasteiger partial charge >= 0.3 is 0 Å². The number of carbonyl (C=O) groups is 1. The molecule has 2 aromatic carbocycles. The zero-order valence-corrected chi connectivity index (χ0v) is 25.5. The van der Waals surface area contributed by atoms with Crippen molar-refractivity contribution in [1.82, 2.24) is 14.9 Å². The summed E-state index contributed by atoms with van der Waals surface area (Å²) in [6, 6.07) is 18.6. The fourth-order valence-corrected chi connectivity index (χ4v) is 6.16. The van der Waals surface area contributed by atoms with Crippen LogP contribution >= 0.6 is 47.0 Å². The van der Waals surface area contributed by atoms with Gasteiger partial charge in [-0.2, -0.15) is 0 Å². The van der Waals surface area contributed by atoms with Crippen molar-refractivity contribution in [2.45, 2.75) is 39.8 Å². The molecule has 1 saturated heterocycles. The normalized spacial score (nSPS) is 16.9. The number of amides is 1. The van der Waals surface area contributed by atoms with Crippen molar-refractivity contribution >= 4 is 69.4 Å². The SMILES string of the molecule is Cc1cc([C@@H]2[C@@H](c3ccccn3)NC(=S)N2c2ccc(NC(=O)C(C)C)c(Cl)c2)c(C)n1-c1ccc(Cl)cc1Cl. The highest BCUT2D eigenvalue weighted by Gasteiger charge is 2.42. The van der Waals surface area contributed by atoms with Gasteiger partial charge in [0.05, 0.1) is 39.2 Å². The van der Waals surface area contributed by atoms with Crippen LogP contribution in [0.5, 0.6) is 0 Å². The second-order valence-electron chi connectivity index (χ2n) is 10.1. The van der Waals surface area contributed by atoms with E-state index in [0.29, 0.717) is 25.9 Å². The van der Waals surface area contributed by atoms with Crippen molar-refractivity contribution in [3.63, 3.8) is 0 Å². The maximum atomic E-state index is 12.3. The lowest BCUT2D eigenvalue weighted by molar-refractivity contribution is -0.118. The average Bonchev–Trinajstić information content (AvgIpc) is 3.41. The minimum atomic E-state index is -0.249. The number of aromatic nitrogens is 2. The van der Waals surface area contributed by atoms with Crippen LogP contribution in [0.15, 0.2) is 66.9 Å². The van der Waals surface area contributed by atoms with Crippen LogP contribution in [-0.4, -0.2) is 20.6 Å². The standard InChI is InChI=1S/C30H28Cl3N5OS/c1-16(2)29(39)35-24-10-9-20(15-22(24)32)38-28(27(36-30(38)40)25-7-5-6-12-34-25)21-13-17(3)37(18(21)4)26-11-8-19(31)14-23(26)33/h5-16,27-28H,1-4H3,(H,35,39)(H,36,40)/t27-,28-/m1/s1. The molecule has 2 aromatic heterocycles. The number of anilines is 2. The van der Waals surface area contributed by atoms with Gasteiger partial charge in [-0.25, -0.2) is 0 Å². The molecule has 0 spiro atoms. The molecule has 6 nitrogen and oxygen atoms in total. The number of pyridine rings is 1. The summed E-state index contributed by atoms with van der Waals surface area (Å²) in [5.41, 5.74) is 6.13. The van der Waals surface area contributed by atoms with E-state index in [1.165, 1.54) is 0 Å². The molecule has 0 saturated carbocycles. The Kier molecular flexibility index (Phi) is 8.11. The molecule has 0 aliphatic carbocycles. The van der Waals surface area contributed by atoms with E-state index in [-0.39, 0.29) is 23.9 Å². The maximum absolute atomic E-state index is 12.3. The fourth-order valence-electron chi connectivity index (χ4n) is 5.10. The third kappa shape index (κ3) is 5.31. The lowest BCUT2D eigenvalue weighted by Gasteiger charge is -2.28. The van der Waals surface area contributed by atoms with Crippen LogP contribution in [0.25, 0.3) is 5.69 Å². The van der Waals surface area contributed by atoms with Crippen LogP contribution in [-0.2, 0) is 4.79 Å². The van der Waals surface area contributed by atoms with Gasteiger partial charge in [-0.15, -0.1) is 0 Å². The molecule has 2 atom stereocenters. The number of benzene rings is 2. The number of nitrogens with one attached hydrogen (secondary N) is 2. The van der Waals surface area contributed by atoms with Crippen molar-refractivity contribution in [2.24, 2.45) is 5.92 Å². The van der Waals surface area contributed by atoms with Crippen LogP contribution in [0.3, 0.4) is 0 Å². The van der Waals surface area contributed by atoms with Crippen molar-refractivity contribution in [3.8, 4) is 5.69 Å². The smallest absolute Gasteiger partial charge is 0.226 e. The lowest BCUT2D eigenvalue weighted by atomic mass is 9.96. The molecule has 1 aliphatic heterocycles. The third-order valence-electron chi connectivity index (χ3n) is 7.05. The molecule has 4 aromatic rings. The highest BCUT2D eigenvalue weighted by molar-refractivity contribution is 7.80. The van der Waals surface area contributed by atoms with E-state index in [2.05, 4.69) is 38.1 Å². The van der Waals surface area contributed by atoms with E-state index in [0.717, 1.165) is 34.0 Å². The number of hydrogen-bond acceptors (Lipinski definition) is 3. The largest absolute Gasteiger partial charge is 0.351 e. The lowest BCUT2D eigenvalue weighted by Crippen LogP contribution is -2.29. The van der Waals surface area contributed by atoms with Gasteiger partial charge in [0.15, 0.2) is 5.11 Å². The molecule has 0 radical (unpaired) electrons. The summed E-state index contributed by atoms with van der Waals surface area (Å²) in [6.45, 7) is 7.79. The van der Waals surface area contributed by atoms with Gasteiger partial charge in [-0.3, -0.25) is 9.78 Å². The number of carbonyl (C=O) groups excluding carboxylic acids is 1. The highest BCUT2D eigenvalue weighted by atomic mass is 35.5. The molecule has 10 heteroatoms. The monoisotopic (exact) mass is 611 g/mol. The predicted octanol–water partition coefficient (Wildman–Crippen LogP) is 8.22. The molecular formula is C30H28Cl3N5OS. The van der Waals surface area contributed by atoms with Gasteiger partial charge in [0.1, 0.15) is 0 Å². The number of hydrogen-bond donors (Lipinski definition) is 2. The summed E-state index contributed by atoms with van der Waals surface area (Å²) in [6.07, 6.45) is 1.78. The van der Waals surface area contributed by atoms with Crippen molar-refractivity contribution < 1.29 is 4.79 Å². The quantitative estimate of drug-likeness (QED) is 0.215. The molecular weight excluding hydrogens is 585 g/mol. The van der Waals surface area contributed by atoms with Crippen LogP contribution in [0, 0.1) is 19.8 Å². The molecule has 0 bridgehead atoms. The minimum absolute atomic E-state index is 0.102. The van der Waals surface area contributed by atoms with E-state index >= 15 is 0 Å². The zero-order chi connectivity index (χ0) is 28.7. The highest BCUT2D eigenvalue weighted by Crippen LogP contribution is 2.45. The first-order valence-electron chi connectivity index (χ1n) is 12.8. The van der Waals surface area contributed by atoms with Gasteiger partial charge < -0.3 is 20.1 Å². The summed E-state index contributed by atoms with van der Waals surface area (Å²) in [5, 5.41) is 8.49. The van der Waals surface area contributed by atoms with Gasteiger partial charge in [-0.1, -0.05) is 54.7 Å². The molecule has 206 valence electrons. The molecule has 0 unspecified atom stereocenters. The van der Waals surface area contributed by atoms with Crippen LogP contribution in [0.4, 0.5) is 11.4 Å². The molecule has 2 N–H and O–H groups in total. The van der Waals surface area contributed by atoms with E-state index in [1.54, 1.807) is 12.3 Å². The fraction of sp³-hybridized carbons (Fsp3) is 0.233. The van der Waals surface area contributed by atoms with Crippen molar-refractivity contribution in [1.29, 1.82) is 0 Å². The number of thiocarbonyl (C=S) groups is 1. The minimum Gasteiger partial charge on any atom is -0.351 e. The Labute approximate surface area is 254 Å². The second kappa shape index (κ2) is 11.4. The average molecular weight is 613 g/mol. The van der Waals surface area contributed by atoms with Crippen LogP contribution < -0.4 is 15.5 Å². The molecule has 1 fully saturated rings.